The lowest BCUT2D eigenvalue weighted by atomic mass is 9.79. The average molecular weight is 410 g/mol. The number of H-pyrrole nitrogens is 1. The van der Waals surface area contributed by atoms with E-state index in [0.29, 0.717) is 30.9 Å². The summed E-state index contributed by atoms with van der Waals surface area (Å²) in [4.78, 5) is 17.2. The highest BCUT2D eigenvalue weighted by atomic mass is 19.2. The smallest absolute Gasteiger partial charge is 0.275 e. The molecule has 7 heteroatoms. The van der Waals surface area contributed by atoms with Gasteiger partial charge in [0.2, 0.25) is 0 Å². The van der Waals surface area contributed by atoms with E-state index in [1.165, 1.54) is 0 Å². The van der Waals surface area contributed by atoms with Gasteiger partial charge in [-0.15, -0.1) is 0 Å². The minimum Gasteiger partial charge on any atom is -0.337 e. The Morgan fingerprint density at radius 3 is 2.83 bits per heavy atom. The quantitative estimate of drug-likeness (QED) is 0.711. The van der Waals surface area contributed by atoms with Gasteiger partial charge in [0, 0.05) is 42.5 Å². The molecule has 1 amide bonds. The molecule has 3 heterocycles. The molecule has 1 atom stereocenters. The van der Waals surface area contributed by atoms with Crippen LogP contribution in [0.4, 0.5) is 8.78 Å². The van der Waals surface area contributed by atoms with Crippen LogP contribution in [0.15, 0.2) is 42.5 Å². The molecular formula is C23H24F2N4O. The number of para-hydroxylation sites is 1. The number of nitrogens with one attached hydrogen (secondary N) is 1. The van der Waals surface area contributed by atoms with Crippen molar-refractivity contribution in [1.82, 2.24) is 20.0 Å². The van der Waals surface area contributed by atoms with Crippen molar-refractivity contribution in [2.24, 2.45) is 5.41 Å². The summed E-state index contributed by atoms with van der Waals surface area (Å²) in [6, 6.07) is 12.0. The van der Waals surface area contributed by atoms with E-state index in [1.807, 2.05) is 29.2 Å². The number of piperidine rings is 1. The number of fused-ring (bicyclic) bond motifs is 1. The molecule has 1 aromatic heterocycles. The van der Waals surface area contributed by atoms with Crippen LogP contribution in [0.5, 0.6) is 0 Å². The lowest BCUT2D eigenvalue weighted by molar-refractivity contribution is 0.0670. The van der Waals surface area contributed by atoms with Crippen molar-refractivity contribution in [2.75, 3.05) is 26.2 Å². The van der Waals surface area contributed by atoms with Crippen LogP contribution in [0.3, 0.4) is 0 Å². The third kappa shape index (κ3) is 3.37. The molecule has 0 radical (unpaired) electrons. The fourth-order valence-electron chi connectivity index (χ4n) is 5.07. The van der Waals surface area contributed by atoms with Gasteiger partial charge in [0.05, 0.1) is 5.52 Å². The van der Waals surface area contributed by atoms with Gasteiger partial charge in [-0.1, -0.05) is 30.3 Å². The lowest BCUT2D eigenvalue weighted by Gasteiger charge is -2.40. The van der Waals surface area contributed by atoms with Gasteiger partial charge in [-0.2, -0.15) is 5.10 Å². The summed E-state index contributed by atoms with van der Waals surface area (Å²) in [7, 11) is 0. The predicted molar refractivity (Wildman–Crippen MR) is 110 cm³/mol. The number of nitrogens with zero attached hydrogens (tertiary/aromatic N) is 3. The van der Waals surface area contributed by atoms with Gasteiger partial charge in [0.25, 0.3) is 5.91 Å². The normalized spacial score (nSPS) is 22.3. The monoisotopic (exact) mass is 410 g/mol. The minimum absolute atomic E-state index is 0.00379. The number of hydrogen-bond donors (Lipinski definition) is 1. The molecule has 30 heavy (non-hydrogen) atoms. The molecule has 0 bridgehead atoms. The zero-order chi connectivity index (χ0) is 20.7. The van der Waals surface area contributed by atoms with Crippen molar-refractivity contribution in [3.63, 3.8) is 0 Å². The first-order chi connectivity index (χ1) is 14.5. The molecule has 2 aliphatic heterocycles. The summed E-state index contributed by atoms with van der Waals surface area (Å²) in [5, 5.41) is 8.04. The van der Waals surface area contributed by atoms with Crippen molar-refractivity contribution in [3.8, 4) is 0 Å². The second kappa shape index (κ2) is 7.47. The number of benzene rings is 2. The van der Waals surface area contributed by atoms with E-state index in [-0.39, 0.29) is 11.3 Å². The predicted octanol–water partition coefficient (Wildman–Crippen LogP) is 3.97. The second-order valence-electron chi connectivity index (χ2n) is 8.62. The standard InChI is InChI=1S/C23H24F2N4O/c24-18-7-3-5-16(20(18)25)13-28-11-4-9-23(14-28)10-12-29(15-23)22(30)21-17-6-1-2-8-19(17)26-27-21/h1-3,5-8H,4,9-15H2,(H,26,27). The number of amides is 1. The fourth-order valence-corrected chi connectivity index (χ4v) is 5.07. The van der Waals surface area contributed by atoms with Crippen molar-refractivity contribution in [3.05, 3.63) is 65.4 Å². The number of likely N-dealkylation sites (tertiary alicyclic amines) is 2. The summed E-state index contributed by atoms with van der Waals surface area (Å²) >= 11 is 0. The van der Waals surface area contributed by atoms with Crippen LogP contribution in [0.2, 0.25) is 0 Å². The molecular weight excluding hydrogens is 386 g/mol. The molecule has 3 aromatic rings. The summed E-state index contributed by atoms with van der Waals surface area (Å²) < 4.78 is 27.7. The second-order valence-corrected chi connectivity index (χ2v) is 8.62. The third-order valence-corrected chi connectivity index (χ3v) is 6.56. The van der Waals surface area contributed by atoms with Gasteiger partial charge in [-0.3, -0.25) is 14.8 Å². The van der Waals surface area contributed by atoms with Crippen molar-refractivity contribution < 1.29 is 13.6 Å². The molecule has 1 unspecified atom stereocenters. The Labute approximate surface area is 173 Å². The largest absolute Gasteiger partial charge is 0.337 e. The summed E-state index contributed by atoms with van der Waals surface area (Å²) in [6.07, 6.45) is 2.95. The highest BCUT2D eigenvalue weighted by Gasteiger charge is 2.43. The highest BCUT2D eigenvalue weighted by Crippen LogP contribution is 2.40. The topological polar surface area (TPSA) is 52.2 Å². The van der Waals surface area contributed by atoms with E-state index in [1.54, 1.807) is 12.1 Å². The Bertz CT molecular complexity index is 1100. The molecule has 0 saturated carbocycles. The van der Waals surface area contributed by atoms with E-state index >= 15 is 0 Å². The molecule has 0 aliphatic carbocycles. The van der Waals surface area contributed by atoms with Crippen molar-refractivity contribution >= 4 is 16.8 Å². The first-order valence-corrected chi connectivity index (χ1v) is 10.4. The van der Waals surface area contributed by atoms with Gasteiger partial charge in [-0.25, -0.2) is 8.78 Å². The number of halogens is 2. The van der Waals surface area contributed by atoms with Crippen LogP contribution in [-0.4, -0.2) is 52.1 Å². The van der Waals surface area contributed by atoms with Crippen LogP contribution in [-0.2, 0) is 6.54 Å². The summed E-state index contributed by atoms with van der Waals surface area (Å²) in [6.45, 7) is 3.41. The van der Waals surface area contributed by atoms with Crippen LogP contribution in [0.1, 0.15) is 35.3 Å². The Morgan fingerprint density at radius 2 is 1.93 bits per heavy atom. The SMILES string of the molecule is O=C(c1n[nH]c2ccccc12)N1CCC2(CCCN(Cc3cccc(F)c3F)C2)C1. The molecule has 1 N–H and O–H groups in total. The lowest BCUT2D eigenvalue weighted by Crippen LogP contribution is -2.45. The molecule has 5 nitrogen and oxygen atoms in total. The van der Waals surface area contributed by atoms with Gasteiger partial charge in [-0.05, 0) is 37.9 Å². The van der Waals surface area contributed by atoms with Crippen LogP contribution >= 0.6 is 0 Å². The molecule has 1 spiro atoms. The first kappa shape index (κ1) is 19.2. The molecule has 5 rings (SSSR count). The van der Waals surface area contributed by atoms with E-state index < -0.39 is 11.6 Å². The van der Waals surface area contributed by atoms with E-state index in [4.69, 9.17) is 0 Å². The zero-order valence-corrected chi connectivity index (χ0v) is 16.7. The number of hydrogen-bond acceptors (Lipinski definition) is 3. The number of carbonyl (C=O) groups excluding carboxylic acids is 1. The van der Waals surface area contributed by atoms with Gasteiger partial charge in [0.15, 0.2) is 17.3 Å². The Hall–Kier alpha value is -2.80. The molecule has 2 saturated heterocycles. The van der Waals surface area contributed by atoms with Gasteiger partial charge in [0.1, 0.15) is 0 Å². The third-order valence-electron chi connectivity index (χ3n) is 6.56. The van der Waals surface area contributed by atoms with E-state index in [2.05, 4.69) is 15.1 Å². The molecule has 156 valence electrons. The van der Waals surface area contributed by atoms with Crippen LogP contribution in [0.25, 0.3) is 10.9 Å². The maximum atomic E-state index is 14.1. The van der Waals surface area contributed by atoms with E-state index in [9.17, 15) is 13.6 Å². The average Bonchev–Trinajstić information content (AvgIpc) is 3.36. The number of carbonyl (C=O) groups is 1. The van der Waals surface area contributed by atoms with Gasteiger partial charge < -0.3 is 4.90 Å². The van der Waals surface area contributed by atoms with Gasteiger partial charge >= 0.3 is 0 Å². The number of aromatic nitrogens is 2. The van der Waals surface area contributed by atoms with Crippen molar-refractivity contribution in [2.45, 2.75) is 25.8 Å². The summed E-state index contributed by atoms with van der Waals surface area (Å²) in [5.74, 6) is -1.61. The molecule has 2 fully saturated rings. The Morgan fingerprint density at radius 1 is 1.07 bits per heavy atom. The number of aromatic amines is 1. The Balaban J connectivity index is 1.30. The molecule has 2 aliphatic rings. The van der Waals surface area contributed by atoms with Crippen LogP contribution < -0.4 is 0 Å². The maximum Gasteiger partial charge on any atom is 0.275 e. The van der Waals surface area contributed by atoms with Crippen LogP contribution in [0, 0.1) is 17.0 Å². The fraction of sp³-hybridized carbons (Fsp3) is 0.391. The maximum absolute atomic E-state index is 14.1. The minimum atomic E-state index is -0.803. The first-order valence-electron chi connectivity index (χ1n) is 10.4. The Kier molecular flexibility index (Phi) is 4.77. The van der Waals surface area contributed by atoms with E-state index in [0.717, 1.165) is 49.3 Å². The van der Waals surface area contributed by atoms with Crippen molar-refractivity contribution in [1.29, 1.82) is 0 Å². The summed E-state index contributed by atoms with van der Waals surface area (Å²) in [5.41, 5.74) is 1.72. The number of rotatable bonds is 3. The highest BCUT2D eigenvalue weighted by molar-refractivity contribution is 6.04. The molecule has 2 aromatic carbocycles. The zero-order valence-electron chi connectivity index (χ0n) is 16.7.